The summed E-state index contributed by atoms with van der Waals surface area (Å²) < 4.78 is 0. The molecule has 0 N–H and O–H groups in total. The summed E-state index contributed by atoms with van der Waals surface area (Å²) >= 11 is 0. The molecule has 3 rings (SSSR count). The van der Waals surface area contributed by atoms with Crippen molar-refractivity contribution in [2.24, 2.45) is 5.92 Å². The highest BCUT2D eigenvalue weighted by atomic mass is 14.2. The summed E-state index contributed by atoms with van der Waals surface area (Å²) in [6.45, 7) is 13.4. The van der Waals surface area contributed by atoms with Crippen LogP contribution in [0, 0.1) is 12.0 Å². The first kappa shape index (κ1) is 20.8. The molecule has 1 aromatic carbocycles. The smallest absolute Gasteiger partial charge is 0.0622 e. The molecule has 0 amide bonds. The average Bonchev–Trinajstić information content (AvgIpc) is 2.89. The minimum atomic E-state index is 0.482. The second kappa shape index (κ2) is 9.03. The lowest BCUT2D eigenvalue weighted by Crippen LogP contribution is -1.99. The molecule has 1 aromatic rings. The van der Waals surface area contributed by atoms with Crippen LogP contribution in [0.2, 0.25) is 0 Å². The molecule has 0 bridgehead atoms. The zero-order chi connectivity index (χ0) is 21.0. The van der Waals surface area contributed by atoms with Gasteiger partial charge in [-0.3, -0.25) is 0 Å². The molecule has 0 atom stereocenters. The molecule has 0 saturated carbocycles. The Hall–Kier alpha value is -2.95. The van der Waals surface area contributed by atoms with E-state index in [0.29, 0.717) is 5.92 Å². The van der Waals surface area contributed by atoms with Gasteiger partial charge in [-0.2, -0.15) is 0 Å². The first-order valence-electron chi connectivity index (χ1n) is 10.4. The van der Waals surface area contributed by atoms with Crippen molar-refractivity contribution < 1.29 is 0 Å². The van der Waals surface area contributed by atoms with Crippen LogP contribution in [0.15, 0.2) is 111 Å². The highest BCUT2D eigenvalue weighted by Gasteiger charge is 2.27. The number of allylic oxidation sites excluding steroid dienone is 15. The van der Waals surface area contributed by atoms with Gasteiger partial charge in [-0.15, -0.1) is 0 Å². The minimum absolute atomic E-state index is 0.482. The van der Waals surface area contributed by atoms with E-state index < -0.39 is 0 Å². The van der Waals surface area contributed by atoms with Crippen LogP contribution in [-0.2, 0) is 0 Å². The predicted molar refractivity (Wildman–Crippen MR) is 127 cm³/mol. The number of fused-ring (bicyclic) bond motifs is 1. The lowest BCUT2D eigenvalue weighted by Gasteiger charge is -2.11. The predicted octanol–water partition coefficient (Wildman–Crippen LogP) is 8.12. The van der Waals surface area contributed by atoms with Crippen molar-refractivity contribution in [2.45, 2.75) is 41.5 Å². The summed E-state index contributed by atoms with van der Waals surface area (Å²) in [7, 11) is 0. The van der Waals surface area contributed by atoms with Crippen LogP contribution in [0.1, 0.15) is 47.1 Å². The monoisotopic (exact) mass is 379 g/mol. The highest BCUT2D eigenvalue weighted by molar-refractivity contribution is 5.69. The van der Waals surface area contributed by atoms with E-state index in [1.807, 2.05) is 6.07 Å². The fourth-order valence-electron chi connectivity index (χ4n) is 3.97. The van der Waals surface area contributed by atoms with Gasteiger partial charge in [-0.25, -0.2) is 0 Å². The fourth-order valence-corrected chi connectivity index (χ4v) is 3.97. The molecular formula is C29H31+. The molecule has 0 spiro atoms. The first-order valence-corrected chi connectivity index (χ1v) is 10.4. The van der Waals surface area contributed by atoms with Gasteiger partial charge in [0.05, 0.1) is 22.3 Å². The maximum atomic E-state index is 3.49. The quantitative estimate of drug-likeness (QED) is 0.366. The molecule has 0 saturated heterocycles. The van der Waals surface area contributed by atoms with E-state index in [1.165, 1.54) is 50.1 Å². The summed E-state index contributed by atoms with van der Waals surface area (Å²) in [6, 6.07) is 10.4. The third-order valence-electron chi connectivity index (χ3n) is 5.64. The van der Waals surface area contributed by atoms with Crippen molar-refractivity contribution in [3.63, 3.8) is 0 Å². The van der Waals surface area contributed by atoms with Crippen LogP contribution in [-0.4, -0.2) is 0 Å². The van der Waals surface area contributed by atoms with Gasteiger partial charge >= 0.3 is 0 Å². The number of rotatable bonds is 4. The number of hydrogen-bond acceptors (Lipinski definition) is 0. The van der Waals surface area contributed by atoms with Crippen molar-refractivity contribution >= 4 is 6.08 Å². The Morgan fingerprint density at radius 3 is 2.24 bits per heavy atom. The summed E-state index contributed by atoms with van der Waals surface area (Å²) in [5.41, 5.74) is 11.6. The molecule has 29 heavy (non-hydrogen) atoms. The molecule has 2 aliphatic rings. The van der Waals surface area contributed by atoms with E-state index in [-0.39, 0.29) is 0 Å². The summed E-state index contributed by atoms with van der Waals surface area (Å²) in [5.74, 6) is 0.482. The van der Waals surface area contributed by atoms with Crippen LogP contribution < -0.4 is 0 Å². The molecule has 0 aromatic heterocycles. The molecule has 0 fully saturated rings. The maximum absolute atomic E-state index is 3.49. The molecular weight excluding hydrogens is 348 g/mol. The normalized spacial score (nSPS) is 17.6. The molecule has 0 heterocycles. The van der Waals surface area contributed by atoms with Crippen molar-refractivity contribution in [1.82, 2.24) is 0 Å². The van der Waals surface area contributed by atoms with Crippen LogP contribution in [0.25, 0.3) is 6.08 Å². The third-order valence-corrected chi connectivity index (χ3v) is 5.64. The highest BCUT2D eigenvalue weighted by Crippen LogP contribution is 2.39. The first-order chi connectivity index (χ1) is 13.9. The van der Waals surface area contributed by atoms with Crippen LogP contribution in [0.5, 0.6) is 0 Å². The van der Waals surface area contributed by atoms with Crippen LogP contribution in [0.3, 0.4) is 0 Å². The Morgan fingerprint density at radius 1 is 0.862 bits per heavy atom. The van der Waals surface area contributed by atoms with Crippen LogP contribution >= 0.6 is 0 Å². The van der Waals surface area contributed by atoms with Gasteiger partial charge in [-0.05, 0) is 61.1 Å². The number of hydrogen-bond donors (Lipinski definition) is 0. The Kier molecular flexibility index (Phi) is 6.47. The molecule has 0 unspecified atom stereocenters. The van der Waals surface area contributed by atoms with Gasteiger partial charge in [0, 0.05) is 19.1 Å². The molecule has 0 aliphatic heterocycles. The Balaban J connectivity index is 2.05. The van der Waals surface area contributed by atoms with Gasteiger partial charge in [0.25, 0.3) is 0 Å². The van der Waals surface area contributed by atoms with Crippen molar-refractivity contribution in [2.75, 3.05) is 0 Å². The lowest BCUT2D eigenvalue weighted by molar-refractivity contribution is 0.783. The van der Waals surface area contributed by atoms with E-state index in [1.54, 1.807) is 0 Å². The number of benzene rings is 1. The van der Waals surface area contributed by atoms with E-state index in [9.17, 15) is 0 Å². The van der Waals surface area contributed by atoms with Gasteiger partial charge in [0.2, 0.25) is 0 Å². The van der Waals surface area contributed by atoms with E-state index in [4.69, 9.17) is 0 Å². The molecule has 0 nitrogen and oxygen atoms in total. The zero-order valence-electron chi connectivity index (χ0n) is 18.5. The Morgan fingerprint density at radius 2 is 1.55 bits per heavy atom. The summed E-state index contributed by atoms with van der Waals surface area (Å²) in [6.07, 6.45) is 18.9. The second-order valence-corrected chi connectivity index (χ2v) is 8.18. The zero-order valence-corrected chi connectivity index (χ0v) is 18.5. The average molecular weight is 380 g/mol. The molecule has 146 valence electrons. The molecule has 2 aliphatic carbocycles. The summed E-state index contributed by atoms with van der Waals surface area (Å²) in [4.78, 5) is 0. The minimum Gasteiger partial charge on any atom is -0.0622 e. The molecule has 0 heteroatoms. The van der Waals surface area contributed by atoms with E-state index in [0.717, 1.165) is 0 Å². The van der Waals surface area contributed by atoms with Gasteiger partial charge in [0.1, 0.15) is 11.6 Å². The standard InChI is InChI=1S/C29H31/c1-20(2)27-19-28-26(15-11-10-14-25-12-8-7-9-13-25)17-16-21(3)24(6)29(28)23(5)18-22(27)4/h7-15,17-20H,1-6H3/q+1/b14-10+,15-11+. The van der Waals surface area contributed by atoms with Gasteiger partial charge in [-0.1, -0.05) is 62.4 Å². The van der Waals surface area contributed by atoms with Gasteiger partial charge < -0.3 is 0 Å². The van der Waals surface area contributed by atoms with Crippen molar-refractivity contribution in [1.29, 1.82) is 0 Å². The Bertz CT molecular complexity index is 1020. The molecule has 0 radical (unpaired) electrons. The second-order valence-electron chi connectivity index (χ2n) is 8.18. The van der Waals surface area contributed by atoms with Gasteiger partial charge in [0.15, 0.2) is 0 Å². The van der Waals surface area contributed by atoms with E-state index in [2.05, 4.69) is 114 Å². The van der Waals surface area contributed by atoms with Crippen molar-refractivity contribution in [3.8, 4) is 0 Å². The topological polar surface area (TPSA) is 0 Å². The van der Waals surface area contributed by atoms with Crippen molar-refractivity contribution in [3.05, 3.63) is 123 Å². The fraction of sp³-hybridized carbons (Fsp3) is 0.241. The third kappa shape index (κ3) is 4.73. The lowest BCUT2D eigenvalue weighted by atomic mass is 9.88. The maximum Gasteiger partial charge on any atom is 0.115 e. The van der Waals surface area contributed by atoms with E-state index >= 15 is 0 Å². The van der Waals surface area contributed by atoms with Crippen LogP contribution in [0.4, 0.5) is 0 Å². The Labute approximate surface area is 176 Å². The SMILES string of the molecule is CC1=[C+]C=C(/C=C/C=C/c2ccccc2)C2=CC(C(C)C)=C(C)C=C(C)C2=C1C. The largest absolute Gasteiger partial charge is 0.115 e. The summed E-state index contributed by atoms with van der Waals surface area (Å²) in [5, 5.41) is 0.